The maximum Gasteiger partial charge on any atom is 0.419 e. The zero-order valence-electron chi connectivity index (χ0n) is 15.5. The van der Waals surface area contributed by atoms with Crippen LogP contribution in [0.15, 0.2) is 70.1 Å². The van der Waals surface area contributed by atoms with E-state index in [0.717, 1.165) is 11.1 Å². The highest BCUT2D eigenvalue weighted by Crippen LogP contribution is 2.18. The summed E-state index contributed by atoms with van der Waals surface area (Å²) in [6, 6.07) is 14.9. The first-order valence-electron chi connectivity index (χ1n) is 9.19. The van der Waals surface area contributed by atoms with Crippen molar-refractivity contribution in [2.24, 2.45) is 0 Å². The molecule has 0 bridgehead atoms. The summed E-state index contributed by atoms with van der Waals surface area (Å²) in [6.07, 6.45) is 3.84. The quantitative estimate of drug-likeness (QED) is 0.507. The Morgan fingerprint density at radius 3 is 2.69 bits per heavy atom. The number of halogens is 1. The predicted molar refractivity (Wildman–Crippen MR) is 110 cm³/mol. The van der Waals surface area contributed by atoms with Crippen LogP contribution in [0.25, 0.3) is 11.1 Å². The molecule has 0 aliphatic carbocycles. The third-order valence-electron chi connectivity index (χ3n) is 4.61. The van der Waals surface area contributed by atoms with E-state index < -0.39 is 5.76 Å². The van der Waals surface area contributed by atoms with Crippen LogP contribution in [0.2, 0.25) is 5.02 Å². The van der Waals surface area contributed by atoms with Gasteiger partial charge in [-0.15, -0.1) is 0 Å². The summed E-state index contributed by atoms with van der Waals surface area (Å²) in [4.78, 5) is 24.2. The van der Waals surface area contributed by atoms with Crippen LogP contribution in [0.3, 0.4) is 0 Å². The first-order valence-corrected chi connectivity index (χ1v) is 9.57. The number of carbonyl (C=O) groups is 1. The predicted octanol–water partition coefficient (Wildman–Crippen LogP) is 3.20. The van der Waals surface area contributed by atoms with Gasteiger partial charge >= 0.3 is 5.76 Å². The molecule has 4 aromatic rings. The van der Waals surface area contributed by atoms with Crippen molar-refractivity contribution in [1.82, 2.24) is 19.7 Å². The molecule has 7 nitrogen and oxygen atoms in total. The number of fused-ring (bicyclic) bond motifs is 1. The highest BCUT2D eigenvalue weighted by atomic mass is 35.5. The Labute approximate surface area is 171 Å². The molecule has 2 aromatic carbocycles. The van der Waals surface area contributed by atoms with Crippen molar-refractivity contribution in [3.05, 3.63) is 87.6 Å². The van der Waals surface area contributed by atoms with Gasteiger partial charge < -0.3 is 9.73 Å². The normalized spacial score (nSPS) is 11.1. The first-order chi connectivity index (χ1) is 14.1. The fraction of sp³-hybridized carbons (Fsp3) is 0.190. The molecule has 1 N–H and O–H groups in total. The molecular weight excluding hydrogens is 392 g/mol. The summed E-state index contributed by atoms with van der Waals surface area (Å²) >= 11 is 5.91. The molecule has 0 saturated carbocycles. The number of hydrogen-bond donors (Lipinski definition) is 1. The number of benzene rings is 2. The van der Waals surface area contributed by atoms with Gasteiger partial charge in [-0.1, -0.05) is 35.9 Å². The number of aromatic nitrogens is 3. The third-order valence-corrected chi connectivity index (χ3v) is 4.84. The summed E-state index contributed by atoms with van der Waals surface area (Å²) in [7, 11) is 0. The second-order valence-electron chi connectivity index (χ2n) is 6.68. The van der Waals surface area contributed by atoms with Crippen LogP contribution in [0.1, 0.15) is 17.5 Å². The number of rotatable bonds is 7. The van der Waals surface area contributed by atoms with E-state index in [1.165, 1.54) is 4.57 Å². The van der Waals surface area contributed by atoms with E-state index in [0.29, 0.717) is 29.2 Å². The number of carbonyl (C=O) groups excluding carboxylic acids is 1. The smallest absolute Gasteiger partial charge is 0.408 e. The topological polar surface area (TPSA) is 82.1 Å². The lowest BCUT2D eigenvalue weighted by atomic mass is 10.1. The van der Waals surface area contributed by atoms with Gasteiger partial charge in [0.25, 0.3) is 0 Å². The molecule has 0 atom stereocenters. The summed E-state index contributed by atoms with van der Waals surface area (Å²) in [5, 5.41) is 7.56. The van der Waals surface area contributed by atoms with Crippen LogP contribution in [0, 0.1) is 0 Å². The molecule has 29 heavy (non-hydrogen) atoms. The molecule has 0 fully saturated rings. The second-order valence-corrected chi connectivity index (χ2v) is 7.11. The van der Waals surface area contributed by atoms with Crippen molar-refractivity contribution in [2.45, 2.75) is 26.1 Å². The van der Waals surface area contributed by atoms with Gasteiger partial charge in [0.15, 0.2) is 5.58 Å². The molecule has 0 spiro atoms. The maximum absolute atomic E-state index is 12.2. The number of amides is 1. The fourth-order valence-corrected chi connectivity index (χ4v) is 3.26. The van der Waals surface area contributed by atoms with Crippen molar-refractivity contribution in [3.8, 4) is 0 Å². The monoisotopic (exact) mass is 410 g/mol. The van der Waals surface area contributed by atoms with Crippen molar-refractivity contribution in [1.29, 1.82) is 0 Å². The first kappa shape index (κ1) is 19.0. The molecule has 0 unspecified atom stereocenters. The zero-order valence-corrected chi connectivity index (χ0v) is 16.3. The molecule has 8 heteroatoms. The minimum absolute atomic E-state index is 0.138. The van der Waals surface area contributed by atoms with E-state index in [2.05, 4.69) is 10.4 Å². The Morgan fingerprint density at radius 1 is 1.14 bits per heavy atom. The van der Waals surface area contributed by atoms with E-state index in [1.54, 1.807) is 24.4 Å². The van der Waals surface area contributed by atoms with E-state index in [-0.39, 0.29) is 18.9 Å². The Morgan fingerprint density at radius 2 is 1.93 bits per heavy atom. The SMILES string of the molecule is O=C(CCn1c(=O)oc2cc(Cl)ccc21)NCc1ccc(Cn2cccn2)cc1. The van der Waals surface area contributed by atoms with Crippen LogP contribution < -0.4 is 11.1 Å². The van der Waals surface area contributed by atoms with Gasteiger partial charge in [-0.25, -0.2) is 4.79 Å². The third kappa shape index (κ3) is 4.57. The van der Waals surface area contributed by atoms with Gasteiger partial charge in [0, 0.05) is 43.0 Å². The molecule has 1 amide bonds. The highest BCUT2D eigenvalue weighted by Gasteiger charge is 2.11. The van der Waals surface area contributed by atoms with Crippen molar-refractivity contribution in [2.75, 3.05) is 0 Å². The van der Waals surface area contributed by atoms with Crippen LogP contribution >= 0.6 is 11.6 Å². The number of nitrogens with one attached hydrogen (secondary N) is 1. The Balaban J connectivity index is 1.30. The molecule has 4 rings (SSSR count). The lowest BCUT2D eigenvalue weighted by Crippen LogP contribution is -2.25. The minimum Gasteiger partial charge on any atom is -0.408 e. The summed E-state index contributed by atoms with van der Waals surface area (Å²) < 4.78 is 8.47. The lowest BCUT2D eigenvalue weighted by Gasteiger charge is -2.07. The van der Waals surface area contributed by atoms with Crippen LogP contribution in [-0.4, -0.2) is 20.3 Å². The summed E-state index contributed by atoms with van der Waals surface area (Å²) in [5.74, 6) is -0.635. The zero-order chi connectivity index (χ0) is 20.2. The van der Waals surface area contributed by atoms with E-state index >= 15 is 0 Å². The maximum atomic E-state index is 12.2. The standard InChI is InChI=1S/C21H19ClN4O3/c22-17-6-7-18-19(12-17)29-21(28)26(18)11-8-20(27)23-13-15-2-4-16(5-3-15)14-25-10-1-9-24-25/h1-7,9-10,12H,8,11,13-14H2,(H,23,27). The molecule has 0 saturated heterocycles. The molecule has 0 aliphatic rings. The van der Waals surface area contributed by atoms with Crippen LogP contribution in [0.4, 0.5) is 0 Å². The second kappa shape index (κ2) is 8.36. The summed E-state index contributed by atoms with van der Waals surface area (Å²) in [6.45, 7) is 1.37. The van der Waals surface area contributed by atoms with Gasteiger partial charge in [0.2, 0.25) is 5.91 Å². The van der Waals surface area contributed by atoms with Gasteiger partial charge in [-0.3, -0.25) is 14.0 Å². The average molecular weight is 411 g/mol. The van der Waals surface area contributed by atoms with Crippen LogP contribution in [-0.2, 0) is 24.4 Å². The van der Waals surface area contributed by atoms with Gasteiger partial charge in [-0.2, -0.15) is 5.10 Å². The largest absolute Gasteiger partial charge is 0.419 e. The number of nitrogens with zero attached hydrogens (tertiary/aromatic N) is 3. The van der Waals surface area contributed by atoms with Gasteiger partial charge in [0.1, 0.15) is 0 Å². The number of aryl methyl sites for hydroxylation is 1. The Bertz CT molecular complexity index is 1180. The molecule has 2 heterocycles. The van der Waals surface area contributed by atoms with Crippen LogP contribution in [0.5, 0.6) is 0 Å². The number of oxazole rings is 1. The van der Waals surface area contributed by atoms with E-state index in [1.807, 2.05) is 41.2 Å². The molecular formula is C21H19ClN4O3. The van der Waals surface area contributed by atoms with Gasteiger partial charge in [-0.05, 0) is 29.3 Å². The van der Waals surface area contributed by atoms with E-state index in [4.69, 9.17) is 16.0 Å². The van der Waals surface area contributed by atoms with Crippen molar-refractivity contribution < 1.29 is 9.21 Å². The molecule has 148 valence electrons. The minimum atomic E-state index is -0.497. The number of hydrogen-bond acceptors (Lipinski definition) is 4. The molecule has 0 radical (unpaired) electrons. The molecule has 0 aliphatic heterocycles. The van der Waals surface area contributed by atoms with Gasteiger partial charge in [0.05, 0.1) is 12.1 Å². The fourth-order valence-electron chi connectivity index (χ4n) is 3.10. The Hall–Kier alpha value is -3.32. The Kier molecular flexibility index (Phi) is 5.48. The van der Waals surface area contributed by atoms with Crippen molar-refractivity contribution >= 4 is 28.6 Å². The lowest BCUT2D eigenvalue weighted by molar-refractivity contribution is -0.121. The van der Waals surface area contributed by atoms with E-state index in [9.17, 15) is 9.59 Å². The molecule has 2 aromatic heterocycles. The summed E-state index contributed by atoms with van der Waals surface area (Å²) in [5.41, 5.74) is 3.18. The average Bonchev–Trinajstić information content (AvgIpc) is 3.32. The highest BCUT2D eigenvalue weighted by molar-refractivity contribution is 6.31. The van der Waals surface area contributed by atoms with Crippen molar-refractivity contribution in [3.63, 3.8) is 0 Å².